The van der Waals surface area contributed by atoms with Crippen LogP contribution in [0.2, 0.25) is 0 Å². The molecule has 0 radical (unpaired) electrons. The molecule has 0 aliphatic carbocycles. The molecule has 1 heterocycles. The Bertz CT molecular complexity index is 298. The Morgan fingerprint density at radius 2 is 1.75 bits per heavy atom. The summed E-state index contributed by atoms with van der Waals surface area (Å²) in [5.41, 5.74) is 0.156. The fraction of sp³-hybridized carbons (Fsp3) is 0.727. The molecule has 0 unspecified atom stereocenters. The van der Waals surface area contributed by atoms with Crippen molar-refractivity contribution in [3.05, 3.63) is 21.8 Å². The second kappa shape index (κ2) is 11.5. The smallest absolute Gasteiger partial charge is 0.260 e. The van der Waals surface area contributed by atoms with Gasteiger partial charge in [0, 0.05) is 18.0 Å². The first-order valence-corrected chi connectivity index (χ1v) is 6.33. The maximum absolute atomic E-state index is 11.2. The highest BCUT2D eigenvalue weighted by molar-refractivity contribution is 7.04. The van der Waals surface area contributed by atoms with Crippen LogP contribution < -0.4 is 5.56 Å². The molecule has 1 rings (SSSR count). The summed E-state index contributed by atoms with van der Waals surface area (Å²) in [5, 5.41) is 1.86. The molecule has 5 heteroatoms. The summed E-state index contributed by atoms with van der Waals surface area (Å²) >= 11 is 1.52. The predicted octanol–water partition coefficient (Wildman–Crippen LogP) is 4.11. The average molecular weight is 286 g/mol. The van der Waals surface area contributed by atoms with Crippen molar-refractivity contribution < 1.29 is 0 Å². The third-order valence-corrected chi connectivity index (χ3v) is 3.23. The number of hydrogen-bond acceptors (Lipinski definition) is 2. The van der Waals surface area contributed by atoms with Crippen LogP contribution in [-0.2, 0) is 6.54 Å². The monoisotopic (exact) mass is 285 g/mol. The molecule has 1 aromatic heterocycles. The van der Waals surface area contributed by atoms with Gasteiger partial charge in [0.1, 0.15) is 0 Å². The third-order valence-electron chi connectivity index (χ3n) is 2.36. The second-order valence-corrected chi connectivity index (χ2v) is 4.54. The lowest BCUT2D eigenvalue weighted by Crippen LogP contribution is -2.11. The fourth-order valence-corrected chi connectivity index (χ4v) is 2.22. The van der Waals surface area contributed by atoms with Gasteiger partial charge in [0.25, 0.3) is 5.56 Å². The molecule has 0 atom stereocenters. The lowest BCUT2D eigenvalue weighted by atomic mass is 10.1. The lowest BCUT2D eigenvalue weighted by molar-refractivity contribution is 0.569. The Kier molecular flexibility index (Phi) is 13.2. The first-order valence-electron chi connectivity index (χ1n) is 5.49. The molecule has 0 aromatic carbocycles. The molecule has 0 saturated carbocycles. The van der Waals surface area contributed by atoms with E-state index in [0.29, 0.717) is 0 Å². The number of halogens is 2. The number of nitrogens with zero attached hydrogens (tertiary/aromatic N) is 1. The van der Waals surface area contributed by atoms with E-state index in [1.54, 1.807) is 6.07 Å². The maximum atomic E-state index is 11.2. The van der Waals surface area contributed by atoms with Gasteiger partial charge in [-0.3, -0.25) is 8.75 Å². The molecule has 0 amide bonds. The van der Waals surface area contributed by atoms with Crippen molar-refractivity contribution in [2.75, 3.05) is 0 Å². The van der Waals surface area contributed by atoms with Crippen molar-refractivity contribution in [3.63, 3.8) is 0 Å². The van der Waals surface area contributed by atoms with Gasteiger partial charge in [-0.25, -0.2) is 0 Å². The van der Waals surface area contributed by atoms with E-state index in [4.69, 9.17) is 0 Å². The molecule has 2 nitrogen and oxygen atoms in total. The van der Waals surface area contributed by atoms with Crippen LogP contribution in [0.1, 0.15) is 45.4 Å². The Morgan fingerprint density at radius 3 is 2.31 bits per heavy atom. The summed E-state index contributed by atoms with van der Waals surface area (Å²) in [4.78, 5) is 11.2. The first kappa shape index (κ1) is 18.4. The number of aromatic nitrogens is 1. The van der Waals surface area contributed by atoms with Crippen molar-refractivity contribution in [2.24, 2.45) is 0 Å². The maximum Gasteiger partial charge on any atom is 0.260 e. The van der Waals surface area contributed by atoms with Crippen molar-refractivity contribution in [2.45, 2.75) is 52.0 Å². The van der Waals surface area contributed by atoms with Crippen molar-refractivity contribution in [1.29, 1.82) is 0 Å². The molecule has 96 valence electrons. The van der Waals surface area contributed by atoms with Crippen molar-refractivity contribution in [1.82, 2.24) is 3.96 Å². The van der Waals surface area contributed by atoms with Crippen molar-refractivity contribution >= 4 is 36.3 Å². The van der Waals surface area contributed by atoms with Gasteiger partial charge in [-0.2, -0.15) is 0 Å². The highest BCUT2D eigenvalue weighted by atomic mass is 35.5. The number of unbranched alkanes of at least 4 members (excludes halogenated alkanes) is 5. The van der Waals surface area contributed by atoms with Crippen LogP contribution in [0.4, 0.5) is 0 Å². The summed E-state index contributed by atoms with van der Waals surface area (Å²) in [6.45, 7) is 3.13. The van der Waals surface area contributed by atoms with Crippen LogP contribution in [0.15, 0.2) is 16.2 Å². The molecule has 0 spiro atoms. The fourth-order valence-electron chi connectivity index (χ4n) is 1.50. The van der Waals surface area contributed by atoms with E-state index in [2.05, 4.69) is 6.92 Å². The third kappa shape index (κ3) is 7.31. The largest absolute Gasteiger partial charge is 0.268 e. The highest BCUT2D eigenvalue weighted by Gasteiger charge is 1.95. The zero-order valence-electron chi connectivity index (χ0n) is 9.68. The summed E-state index contributed by atoms with van der Waals surface area (Å²) in [7, 11) is 0. The van der Waals surface area contributed by atoms with Crippen LogP contribution in [0.5, 0.6) is 0 Å². The minimum Gasteiger partial charge on any atom is -0.268 e. The molecule has 0 aliphatic heterocycles. The van der Waals surface area contributed by atoms with Crippen LogP contribution in [0.25, 0.3) is 0 Å². The molecule has 0 aliphatic rings. The van der Waals surface area contributed by atoms with Gasteiger partial charge in [0.2, 0.25) is 0 Å². The van der Waals surface area contributed by atoms with Crippen LogP contribution in [0.3, 0.4) is 0 Å². The SMILES string of the molecule is CCCCCCCCn1sccc1=O.Cl.Cl. The molecule has 0 N–H and O–H groups in total. The van der Waals surface area contributed by atoms with E-state index in [-0.39, 0.29) is 30.4 Å². The minimum absolute atomic E-state index is 0. The standard InChI is InChI=1S/C11H19NOS.2ClH/c1-2-3-4-5-6-7-9-12-11(13)8-10-14-12;;/h8,10H,2-7,9H2,1H3;2*1H. The average Bonchev–Trinajstić information content (AvgIpc) is 2.58. The molecule has 0 saturated heterocycles. The summed E-state index contributed by atoms with van der Waals surface area (Å²) < 4.78 is 1.83. The summed E-state index contributed by atoms with van der Waals surface area (Å²) in [5.74, 6) is 0. The zero-order chi connectivity index (χ0) is 10.2. The van der Waals surface area contributed by atoms with Gasteiger partial charge in [0.05, 0.1) is 0 Å². The summed E-state index contributed by atoms with van der Waals surface area (Å²) in [6, 6.07) is 1.64. The quantitative estimate of drug-likeness (QED) is 0.691. The zero-order valence-corrected chi connectivity index (χ0v) is 12.1. The Morgan fingerprint density at radius 1 is 1.12 bits per heavy atom. The van der Waals surface area contributed by atoms with Gasteiger partial charge >= 0.3 is 0 Å². The normalized spacial score (nSPS) is 9.31. The lowest BCUT2D eigenvalue weighted by Gasteiger charge is -2.00. The van der Waals surface area contributed by atoms with E-state index in [1.807, 2.05) is 9.34 Å². The molecular weight excluding hydrogens is 265 g/mol. The van der Waals surface area contributed by atoms with E-state index >= 15 is 0 Å². The van der Waals surface area contributed by atoms with E-state index in [0.717, 1.165) is 13.0 Å². The first-order chi connectivity index (χ1) is 6.84. The molecule has 16 heavy (non-hydrogen) atoms. The van der Waals surface area contributed by atoms with Crippen LogP contribution >= 0.6 is 36.3 Å². The van der Waals surface area contributed by atoms with Gasteiger partial charge in [-0.05, 0) is 6.42 Å². The van der Waals surface area contributed by atoms with Gasteiger partial charge < -0.3 is 0 Å². The minimum atomic E-state index is 0. The highest BCUT2D eigenvalue weighted by Crippen LogP contribution is 2.06. The van der Waals surface area contributed by atoms with Crippen LogP contribution in [-0.4, -0.2) is 3.96 Å². The van der Waals surface area contributed by atoms with Crippen molar-refractivity contribution in [3.8, 4) is 0 Å². The number of hydrogen-bond donors (Lipinski definition) is 0. The van der Waals surface area contributed by atoms with Gasteiger partial charge in [0.15, 0.2) is 0 Å². The van der Waals surface area contributed by atoms with E-state index in [1.165, 1.54) is 43.6 Å². The molecule has 0 fully saturated rings. The van der Waals surface area contributed by atoms with E-state index in [9.17, 15) is 4.79 Å². The Labute approximate surface area is 114 Å². The number of rotatable bonds is 7. The molecular formula is C11H21Cl2NOS. The van der Waals surface area contributed by atoms with Crippen LogP contribution in [0, 0.1) is 0 Å². The number of aryl methyl sites for hydroxylation is 1. The Hall–Kier alpha value is 0.01000. The molecule has 0 bridgehead atoms. The Balaban J connectivity index is 0. The predicted molar refractivity (Wildman–Crippen MR) is 76.5 cm³/mol. The van der Waals surface area contributed by atoms with Gasteiger partial charge in [-0.15, -0.1) is 24.8 Å². The van der Waals surface area contributed by atoms with E-state index < -0.39 is 0 Å². The topological polar surface area (TPSA) is 22.0 Å². The molecule has 1 aromatic rings. The second-order valence-electron chi connectivity index (χ2n) is 3.62. The van der Waals surface area contributed by atoms with Gasteiger partial charge in [-0.1, -0.05) is 50.6 Å². The summed E-state index contributed by atoms with van der Waals surface area (Å²) in [6.07, 6.45) is 7.70.